The lowest BCUT2D eigenvalue weighted by atomic mass is 10.2. The summed E-state index contributed by atoms with van der Waals surface area (Å²) in [6, 6.07) is 4.80. The molecule has 2 aromatic rings. The third-order valence-electron chi connectivity index (χ3n) is 2.97. The van der Waals surface area contributed by atoms with Crippen molar-refractivity contribution in [2.24, 2.45) is 0 Å². The second-order valence-electron chi connectivity index (χ2n) is 4.77. The minimum atomic E-state index is -3.72. The van der Waals surface area contributed by atoms with Gasteiger partial charge in [0.25, 0.3) is 10.0 Å². The van der Waals surface area contributed by atoms with Gasteiger partial charge in [0, 0.05) is 21.9 Å². The Morgan fingerprint density at radius 2 is 2.10 bits per heavy atom. The number of aromatic nitrogens is 2. The summed E-state index contributed by atoms with van der Waals surface area (Å²) >= 11 is 3.28. The second kappa shape index (κ2) is 6.07. The Morgan fingerprint density at radius 1 is 1.38 bits per heavy atom. The van der Waals surface area contributed by atoms with Crippen molar-refractivity contribution < 1.29 is 8.42 Å². The molecule has 1 aromatic heterocycles. The van der Waals surface area contributed by atoms with Gasteiger partial charge >= 0.3 is 0 Å². The molecule has 0 aliphatic heterocycles. The lowest BCUT2D eigenvalue weighted by Crippen LogP contribution is -2.15. The van der Waals surface area contributed by atoms with Crippen LogP contribution in [0.4, 0.5) is 11.5 Å². The summed E-state index contributed by atoms with van der Waals surface area (Å²) in [6.07, 6.45) is 1.77. The van der Waals surface area contributed by atoms with Gasteiger partial charge in [0.15, 0.2) is 5.82 Å². The Labute approximate surface area is 132 Å². The van der Waals surface area contributed by atoms with Crippen LogP contribution in [0.2, 0.25) is 0 Å². The minimum absolute atomic E-state index is 0.142. The smallest absolute Gasteiger partial charge is 0.263 e. The lowest BCUT2D eigenvalue weighted by molar-refractivity contribution is 0.600. The third kappa shape index (κ3) is 3.56. The SMILES string of the molecule is CCCc1cc(NS(=O)(=O)c2cc(N)c(Br)cc2C)n[nH]1. The summed E-state index contributed by atoms with van der Waals surface area (Å²) in [6.45, 7) is 3.75. The first-order valence-electron chi connectivity index (χ1n) is 6.46. The molecule has 114 valence electrons. The molecular formula is C13H17BrN4O2S. The van der Waals surface area contributed by atoms with Crippen LogP contribution in [0.3, 0.4) is 0 Å². The highest BCUT2D eigenvalue weighted by atomic mass is 79.9. The van der Waals surface area contributed by atoms with E-state index in [0.29, 0.717) is 15.7 Å². The number of aromatic amines is 1. The number of sulfonamides is 1. The summed E-state index contributed by atoms with van der Waals surface area (Å²) in [5, 5.41) is 6.77. The number of anilines is 2. The number of nitrogens with zero attached hydrogens (tertiary/aromatic N) is 1. The van der Waals surface area contributed by atoms with Crippen molar-refractivity contribution in [1.82, 2.24) is 10.2 Å². The molecule has 0 radical (unpaired) electrons. The molecule has 0 aliphatic carbocycles. The standard InChI is InChI=1S/C13H17BrN4O2S/c1-3-4-9-6-13(17-16-9)18-21(19,20)12-7-11(15)10(14)5-8(12)2/h5-7H,3-4,15H2,1-2H3,(H2,16,17,18). The van der Waals surface area contributed by atoms with Gasteiger partial charge in [-0.1, -0.05) is 13.3 Å². The summed E-state index contributed by atoms with van der Waals surface area (Å²) in [4.78, 5) is 0.142. The van der Waals surface area contributed by atoms with Crippen molar-refractivity contribution in [3.63, 3.8) is 0 Å². The van der Waals surface area contributed by atoms with Crippen LogP contribution >= 0.6 is 15.9 Å². The van der Waals surface area contributed by atoms with E-state index in [9.17, 15) is 8.42 Å². The Balaban J connectivity index is 2.31. The fraction of sp³-hybridized carbons (Fsp3) is 0.308. The number of H-pyrrole nitrogens is 1. The topological polar surface area (TPSA) is 101 Å². The summed E-state index contributed by atoms with van der Waals surface area (Å²) < 4.78 is 28.0. The van der Waals surface area contributed by atoms with Gasteiger partial charge in [-0.3, -0.25) is 9.82 Å². The van der Waals surface area contributed by atoms with Gasteiger partial charge in [0.2, 0.25) is 0 Å². The molecule has 8 heteroatoms. The predicted octanol–water partition coefficient (Wildman–Crippen LogP) is 2.82. The molecule has 0 spiro atoms. The average molecular weight is 373 g/mol. The van der Waals surface area contributed by atoms with Crippen LogP contribution in [0.1, 0.15) is 24.6 Å². The third-order valence-corrected chi connectivity index (χ3v) is 5.16. The molecule has 0 bridgehead atoms. The highest BCUT2D eigenvalue weighted by molar-refractivity contribution is 9.10. The zero-order valence-electron chi connectivity index (χ0n) is 11.8. The van der Waals surface area contributed by atoms with Crippen molar-refractivity contribution in [3.05, 3.63) is 33.9 Å². The van der Waals surface area contributed by atoms with Gasteiger partial charge in [0.05, 0.1) is 4.90 Å². The first-order chi connectivity index (χ1) is 9.83. The van der Waals surface area contributed by atoms with Crippen molar-refractivity contribution >= 4 is 37.5 Å². The molecule has 0 amide bonds. The molecule has 6 nitrogen and oxygen atoms in total. The van der Waals surface area contributed by atoms with E-state index < -0.39 is 10.0 Å². The number of nitrogens with one attached hydrogen (secondary N) is 2. The van der Waals surface area contributed by atoms with E-state index in [4.69, 9.17) is 5.73 Å². The summed E-state index contributed by atoms with van der Waals surface area (Å²) in [5.41, 5.74) is 7.63. The van der Waals surface area contributed by atoms with Gasteiger partial charge in [0.1, 0.15) is 0 Å². The van der Waals surface area contributed by atoms with E-state index in [-0.39, 0.29) is 10.7 Å². The van der Waals surface area contributed by atoms with Gasteiger partial charge < -0.3 is 5.73 Å². The molecular weight excluding hydrogens is 356 g/mol. The first-order valence-corrected chi connectivity index (χ1v) is 8.74. The predicted molar refractivity (Wildman–Crippen MR) is 86.7 cm³/mol. The Bertz CT molecular complexity index is 756. The maximum atomic E-state index is 12.4. The van der Waals surface area contributed by atoms with E-state index in [2.05, 4.69) is 30.8 Å². The highest BCUT2D eigenvalue weighted by Gasteiger charge is 2.19. The number of nitrogens with two attached hydrogens (primary N) is 1. The number of nitrogen functional groups attached to an aromatic ring is 1. The van der Waals surface area contributed by atoms with E-state index in [0.717, 1.165) is 18.5 Å². The maximum Gasteiger partial charge on any atom is 0.263 e. The van der Waals surface area contributed by atoms with E-state index >= 15 is 0 Å². The average Bonchev–Trinajstić information content (AvgIpc) is 2.80. The van der Waals surface area contributed by atoms with Crippen LogP contribution in [0.5, 0.6) is 0 Å². The molecule has 4 N–H and O–H groups in total. The summed E-state index contributed by atoms with van der Waals surface area (Å²) in [5.74, 6) is 0.277. The number of hydrogen-bond acceptors (Lipinski definition) is 4. The Morgan fingerprint density at radius 3 is 2.76 bits per heavy atom. The zero-order valence-corrected chi connectivity index (χ0v) is 14.2. The Hall–Kier alpha value is -1.54. The molecule has 1 heterocycles. The molecule has 0 saturated heterocycles. The van der Waals surface area contributed by atoms with Crippen LogP contribution in [-0.2, 0) is 16.4 Å². The number of aryl methyl sites for hydroxylation is 2. The van der Waals surface area contributed by atoms with Gasteiger partial charge in [-0.25, -0.2) is 8.42 Å². The Kier molecular flexibility index (Phi) is 4.58. The molecule has 0 unspecified atom stereocenters. The van der Waals surface area contributed by atoms with Crippen molar-refractivity contribution in [1.29, 1.82) is 0 Å². The number of benzene rings is 1. The van der Waals surface area contributed by atoms with E-state index in [1.807, 2.05) is 6.92 Å². The normalized spacial score (nSPS) is 11.6. The number of hydrogen-bond donors (Lipinski definition) is 3. The molecule has 0 aliphatic rings. The van der Waals surface area contributed by atoms with Crippen molar-refractivity contribution in [3.8, 4) is 0 Å². The summed E-state index contributed by atoms with van der Waals surface area (Å²) in [7, 11) is -3.72. The van der Waals surface area contributed by atoms with Gasteiger partial charge in [-0.2, -0.15) is 5.10 Å². The second-order valence-corrected chi connectivity index (χ2v) is 7.28. The van der Waals surface area contributed by atoms with E-state index in [1.54, 1.807) is 19.1 Å². The molecule has 1 aromatic carbocycles. The molecule has 2 rings (SSSR count). The fourth-order valence-corrected chi connectivity index (χ4v) is 3.67. The molecule has 0 saturated carbocycles. The van der Waals surface area contributed by atoms with Crippen LogP contribution in [0.15, 0.2) is 27.6 Å². The molecule has 0 fully saturated rings. The van der Waals surface area contributed by atoms with E-state index in [1.165, 1.54) is 6.07 Å². The number of halogens is 1. The van der Waals surface area contributed by atoms with Crippen LogP contribution in [0.25, 0.3) is 0 Å². The van der Waals surface area contributed by atoms with Crippen molar-refractivity contribution in [2.75, 3.05) is 10.5 Å². The molecule has 0 atom stereocenters. The van der Waals surface area contributed by atoms with Crippen LogP contribution < -0.4 is 10.5 Å². The maximum absolute atomic E-state index is 12.4. The van der Waals surface area contributed by atoms with Crippen molar-refractivity contribution in [2.45, 2.75) is 31.6 Å². The molecule has 21 heavy (non-hydrogen) atoms. The van der Waals surface area contributed by atoms with Crippen LogP contribution in [0, 0.1) is 6.92 Å². The largest absolute Gasteiger partial charge is 0.398 e. The minimum Gasteiger partial charge on any atom is -0.398 e. The van der Waals surface area contributed by atoms with Gasteiger partial charge in [-0.05, 0) is 47.0 Å². The first kappa shape index (κ1) is 15.8. The van der Waals surface area contributed by atoms with Crippen LogP contribution in [-0.4, -0.2) is 18.6 Å². The fourth-order valence-electron chi connectivity index (χ4n) is 1.96. The highest BCUT2D eigenvalue weighted by Crippen LogP contribution is 2.27. The monoisotopic (exact) mass is 372 g/mol. The number of rotatable bonds is 5. The zero-order chi connectivity index (χ0) is 15.6. The lowest BCUT2D eigenvalue weighted by Gasteiger charge is -2.10. The quantitative estimate of drug-likeness (QED) is 0.702. The van der Waals surface area contributed by atoms with Gasteiger partial charge in [-0.15, -0.1) is 0 Å².